The van der Waals surface area contributed by atoms with Gasteiger partial charge in [0.1, 0.15) is 26.9 Å². The van der Waals surface area contributed by atoms with Gasteiger partial charge in [0.05, 0.1) is 6.54 Å². The van der Waals surface area contributed by atoms with E-state index < -0.39 is 5.91 Å². The fraction of sp³-hybridized carbons (Fsp3) is 0.417. The minimum Gasteiger partial charge on any atom is -0.352 e. The van der Waals surface area contributed by atoms with E-state index in [1.54, 1.807) is 36.9 Å². The summed E-state index contributed by atoms with van der Waals surface area (Å²) < 4.78 is 1.97. The molecule has 3 heterocycles. The number of piperazine rings is 1. The molecule has 3 N–H and O–H groups in total. The predicted molar refractivity (Wildman–Crippen MR) is 141 cm³/mol. The van der Waals surface area contributed by atoms with Crippen molar-refractivity contribution in [3.05, 3.63) is 37.7 Å². The van der Waals surface area contributed by atoms with Gasteiger partial charge in [-0.2, -0.15) is 5.26 Å². The molecule has 1 saturated heterocycles. The molecule has 0 aromatic carbocycles. The van der Waals surface area contributed by atoms with Crippen LogP contribution in [0.15, 0.2) is 23.0 Å². The summed E-state index contributed by atoms with van der Waals surface area (Å²) >= 11 is 1.04. The van der Waals surface area contributed by atoms with Gasteiger partial charge in [-0.05, 0) is 26.0 Å². The molecule has 196 valence electrons. The lowest BCUT2D eigenvalue weighted by Gasteiger charge is -2.33. The van der Waals surface area contributed by atoms with Crippen molar-refractivity contribution >= 4 is 52.5 Å². The van der Waals surface area contributed by atoms with Crippen molar-refractivity contribution in [1.82, 2.24) is 24.7 Å². The van der Waals surface area contributed by atoms with Crippen molar-refractivity contribution in [2.75, 3.05) is 49.9 Å². The quantitative estimate of drug-likeness (QED) is 0.400. The Kier molecular flexibility index (Phi) is 9.53. The van der Waals surface area contributed by atoms with Crippen LogP contribution in [0.3, 0.4) is 0 Å². The lowest BCUT2D eigenvalue weighted by atomic mass is 10.3. The van der Waals surface area contributed by atoms with Crippen LogP contribution in [0.4, 0.5) is 11.6 Å². The topological polar surface area (TPSA) is 152 Å². The van der Waals surface area contributed by atoms with Crippen LogP contribution in [0, 0.1) is 11.3 Å². The third kappa shape index (κ3) is 7.02. The largest absolute Gasteiger partial charge is 0.352 e. The van der Waals surface area contributed by atoms with Crippen LogP contribution in [-0.4, -0.2) is 76.3 Å². The van der Waals surface area contributed by atoms with Crippen molar-refractivity contribution in [2.24, 2.45) is 0 Å². The van der Waals surface area contributed by atoms with Crippen LogP contribution in [-0.2, 0) is 20.9 Å². The Hall–Kier alpha value is -4.02. The summed E-state index contributed by atoms with van der Waals surface area (Å²) in [7, 11) is 0. The van der Waals surface area contributed by atoms with E-state index in [1.165, 1.54) is 17.7 Å². The summed E-state index contributed by atoms with van der Waals surface area (Å²) in [6.07, 6.45) is 1.47. The highest BCUT2D eigenvalue weighted by molar-refractivity contribution is 7.07. The number of nitriles is 1. The molecule has 1 aliphatic heterocycles. The first-order chi connectivity index (χ1) is 17.8. The first kappa shape index (κ1) is 27.6. The molecule has 0 saturated carbocycles. The SMILES string of the molecule is CCNC(=O)/C(C#N)=c1\s/c(=C/Nc2cccc(NC(=O)CN3CCN(C(C)=O)CC3)n2)c(=O)n1CC. The second kappa shape index (κ2) is 12.8. The van der Waals surface area contributed by atoms with Crippen LogP contribution in [0.25, 0.3) is 11.8 Å². The zero-order chi connectivity index (χ0) is 26.9. The highest BCUT2D eigenvalue weighted by Crippen LogP contribution is 2.10. The molecule has 3 amide bonds. The first-order valence-corrected chi connectivity index (χ1v) is 12.7. The molecular formula is C24H30N8O4S. The molecule has 0 radical (unpaired) electrons. The van der Waals surface area contributed by atoms with Crippen molar-refractivity contribution in [2.45, 2.75) is 27.3 Å². The number of carbonyl (C=O) groups excluding carboxylic acids is 3. The Morgan fingerprint density at radius 1 is 1.16 bits per heavy atom. The molecule has 0 spiro atoms. The Morgan fingerprint density at radius 3 is 2.49 bits per heavy atom. The Balaban J connectivity index is 1.73. The smallest absolute Gasteiger partial charge is 0.270 e. The summed E-state index contributed by atoms with van der Waals surface area (Å²) in [5.41, 5.74) is -0.447. The van der Waals surface area contributed by atoms with Crippen molar-refractivity contribution in [1.29, 1.82) is 5.26 Å². The number of pyridine rings is 1. The molecule has 12 nitrogen and oxygen atoms in total. The molecule has 0 aliphatic carbocycles. The van der Waals surface area contributed by atoms with Crippen molar-refractivity contribution in [3.63, 3.8) is 0 Å². The molecule has 2 aromatic rings. The highest BCUT2D eigenvalue weighted by atomic mass is 32.1. The predicted octanol–water partition coefficient (Wildman–Crippen LogP) is -0.912. The zero-order valence-corrected chi connectivity index (χ0v) is 21.9. The summed E-state index contributed by atoms with van der Waals surface area (Å²) in [5, 5.41) is 17.8. The number of anilines is 2. The number of aromatic nitrogens is 2. The normalized spacial score (nSPS) is 15.1. The Bertz CT molecular complexity index is 1380. The fourth-order valence-corrected chi connectivity index (χ4v) is 4.85. The maximum Gasteiger partial charge on any atom is 0.270 e. The molecule has 0 unspecified atom stereocenters. The van der Waals surface area contributed by atoms with Crippen LogP contribution < -0.4 is 30.7 Å². The van der Waals surface area contributed by atoms with Crippen LogP contribution in [0.1, 0.15) is 20.8 Å². The van der Waals surface area contributed by atoms with E-state index in [2.05, 4.69) is 20.9 Å². The van der Waals surface area contributed by atoms with E-state index >= 15 is 0 Å². The zero-order valence-electron chi connectivity index (χ0n) is 21.0. The number of rotatable bonds is 8. The van der Waals surface area contributed by atoms with Gasteiger partial charge in [0.2, 0.25) is 11.8 Å². The van der Waals surface area contributed by atoms with Gasteiger partial charge in [0.15, 0.2) is 5.57 Å². The number of carbonyl (C=O) groups is 3. The third-order valence-electron chi connectivity index (χ3n) is 5.67. The van der Waals surface area contributed by atoms with Crippen LogP contribution in [0.2, 0.25) is 0 Å². The Labute approximate surface area is 217 Å². The number of nitrogens with zero attached hydrogens (tertiary/aromatic N) is 5. The van der Waals surface area contributed by atoms with Gasteiger partial charge in [-0.1, -0.05) is 6.07 Å². The molecule has 3 rings (SSSR count). The van der Waals surface area contributed by atoms with E-state index in [4.69, 9.17) is 0 Å². The Morgan fingerprint density at radius 2 is 1.86 bits per heavy atom. The second-order valence-electron chi connectivity index (χ2n) is 8.19. The number of thiazole rings is 1. The highest BCUT2D eigenvalue weighted by Gasteiger charge is 2.20. The third-order valence-corrected chi connectivity index (χ3v) is 6.80. The van der Waals surface area contributed by atoms with Gasteiger partial charge >= 0.3 is 0 Å². The van der Waals surface area contributed by atoms with Crippen molar-refractivity contribution in [3.8, 4) is 6.07 Å². The summed E-state index contributed by atoms with van der Waals surface area (Å²) in [5.74, 6) is 0.0354. The number of nitrogens with one attached hydrogen (secondary N) is 3. The van der Waals surface area contributed by atoms with E-state index in [1.807, 2.05) is 11.0 Å². The maximum absolute atomic E-state index is 12.8. The molecule has 0 bridgehead atoms. The maximum atomic E-state index is 12.8. The average molecular weight is 527 g/mol. The lowest BCUT2D eigenvalue weighted by molar-refractivity contribution is -0.130. The first-order valence-electron chi connectivity index (χ1n) is 11.9. The second-order valence-corrected chi connectivity index (χ2v) is 9.22. The molecule has 13 heteroatoms. The minimum absolute atomic E-state index is 0.0347. The lowest BCUT2D eigenvalue weighted by Crippen LogP contribution is -2.49. The minimum atomic E-state index is -0.529. The average Bonchev–Trinajstić information content (AvgIpc) is 3.18. The molecule has 1 fully saturated rings. The van der Waals surface area contributed by atoms with Crippen LogP contribution >= 0.6 is 11.3 Å². The summed E-state index contributed by atoms with van der Waals surface area (Å²) in [6.45, 7) is 8.34. The summed E-state index contributed by atoms with van der Waals surface area (Å²) in [6, 6.07) is 6.95. The monoisotopic (exact) mass is 526 g/mol. The van der Waals surface area contributed by atoms with Gasteiger partial charge in [-0.3, -0.25) is 28.6 Å². The van der Waals surface area contributed by atoms with Gasteiger partial charge < -0.3 is 20.9 Å². The standard InChI is InChI=1S/C24H30N8O4S/c1-4-26-22(35)17(13-25)24-32(5-2)23(36)18(37-24)14-27-19-7-6-8-20(28-19)29-21(34)15-30-9-11-31(12-10-30)16(3)33/h6-8,14H,4-5,9-12,15H2,1-3H3,(H,26,35)(H2,27,28,29,34)/b18-14+,24-17-. The van der Waals surface area contributed by atoms with Gasteiger partial charge in [0.25, 0.3) is 11.5 Å². The van der Waals surface area contributed by atoms with Crippen LogP contribution in [0.5, 0.6) is 0 Å². The molecule has 37 heavy (non-hydrogen) atoms. The fourth-order valence-electron chi connectivity index (χ4n) is 3.77. The number of amides is 3. The van der Waals surface area contributed by atoms with Gasteiger partial charge in [0, 0.05) is 52.4 Å². The molecular weight excluding hydrogens is 496 g/mol. The number of hydrogen-bond donors (Lipinski definition) is 3. The molecule has 0 atom stereocenters. The molecule has 1 aliphatic rings. The van der Waals surface area contributed by atoms with Crippen molar-refractivity contribution < 1.29 is 14.4 Å². The summed E-state index contributed by atoms with van der Waals surface area (Å²) in [4.78, 5) is 57.2. The molecule has 2 aromatic heterocycles. The number of hydrogen-bond acceptors (Lipinski definition) is 9. The van der Waals surface area contributed by atoms with E-state index in [-0.39, 0.29) is 34.2 Å². The van der Waals surface area contributed by atoms with Gasteiger partial charge in [-0.25, -0.2) is 4.98 Å². The van der Waals surface area contributed by atoms with E-state index in [0.717, 1.165) is 11.3 Å². The van der Waals surface area contributed by atoms with Gasteiger partial charge in [-0.15, -0.1) is 11.3 Å². The van der Waals surface area contributed by atoms with E-state index in [9.17, 15) is 24.4 Å². The van der Waals surface area contributed by atoms with E-state index in [0.29, 0.717) is 55.4 Å².